The summed E-state index contributed by atoms with van der Waals surface area (Å²) in [4.78, 5) is 26.9. The molecular formula is C26H25N3O3. The fourth-order valence-electron chi connectivity index (χ4n) is 3.62. The molecule has 2 amide bonds. The topological polar surface area (TPSA) is 74.6 Å². The van der Waals surface area contributed by atoms with Gasteiger partial charge in [0.2, 0.25) is 5.91 Å². The molecule has 32 heavy (non-hydrogen) atoms. The quantitative estimate of drug-likeness (QED) is 0.441. The van der Waals surface area contributed by atoms with Crippen LogP contribution in [0.4, 0.5) is 17.1 Å². The molecule has 0 spiro atoms. The fourth-order valence-corrected chi connectivity index (χ4v) is 3.62. The number of carbonyl (C=O) groups excluding carboxylic acids is 2. The number of aryl methyl sites for hydroxylation is 1. The van der Waals surface area contributed by atoms with Crippen molar-refractivity contribution in [1.29, 1.82) is 0 Å². The third-order valence-electron chi connectivity index (χ3n) is 5.19. The fraction of sp³-hybridized carbons (Fsp3) is 0.154. The highest BCUT2D eigenvalue weighted by Gasteiger charge is 2.13. The van der Waals surface area contributed by atoms with E-state index in [0.29, 0.717) is 11.3 Å². The number of fused-ring (bicyclic) bond motifs is 1. The molecule has 0 radical (unpaired) electrons. The van der Waals surface area contributed by atoms with Crippen LogP contribution in [0.25, 0.3) is 11.0 Å². The van der Waals surface area contributed by atoms with Gasteiger partial charge in [-0.1, -0.05) is 30.3 Å². The Labute approximate surface area is 186 Å². The number of furan rings is 1. The van der Waals surface area contributed by atoms with Gasteiger partial charge in [-0.2, -0.15) is 0 Å². The van der Waals surface area contributed by atoms with E-state index in [4.69, 9.17) is 4.42 Å². The van der Waals surface area contributed by atoms with Crippen molar-refractivity contribution in [1.82, 2.24) is 0 Å². The van der Waals surface area contributed by atoms with E-state index in [1.807, 2.05) is 80.5 Å². The van der Waals surface area contributed by atoms with Crippen molar-refractivity contribution >= 4 is 39.8 Å². The number of rotatable bonds is 6. The Morgan fingerprint density at radius 2 is 1.59 bits per heavy atom. The van der Waals surface area contributed by atoms with Crippen molar-refractivity contribution in [2.24, 2.45) is 0 Å². The van der Waals surface area contributed by atoms with Gasteiger partial charge in [0.25, 0.3) is 5.91 Å². The summed E-state index contributed by atoms with van der Waals surface area (Å²) in [5, 5.41) is 6.64. The van der Waals surface area contributed by atoms with Crippen LogP contribution in [0.1, 0.15) is 21.7 Å². The minimum absolute atomic E-state index is 0.0962. The first-order valence-corrected chi connectivity index (χ1v) is 10.4. The number of anilines is 3. The Kier molecular flexibility index (Phi) is 5.94. The predicted molar refractivity (Wildman–Crippen MR) is 128 cm³/mol. The number of carbonyl (C=O) groups is 2. The molecule has 1 aromatic heterocycles. The third-order valence-corrected chi connectivity index (χ3v) is 5.19. The first-order chi connectivity index (χ1) is 15.4. The second-order valence-corrected chi connectivity index (χ2v) is 7.92. The third kappa shape index (κ3) is 4.81. The molecule has 3 aromatic carbocycles. The highest BCUT2D eigenvalue weighted by molar-refractivity contribution is 6.04. The molecule has 0 bridgehead atoms. The summed E-state index contributed by atoms with van der Waals surface area (Å²) < 4.78 is 5.60. The lowest BCUT2D eigenvalue weighted by atomic mass is 10.1. The molecule has 4 rings (SSSR count). The average molecular weight is 428 g/mol. The standard InChI is InChI=1S/C26H25N3O3/c1-17-14-21(12-13-22(17)29(2)3)27-25(30)15-18-8-10-20(11-9-18)28-26(31)24-16-19-6-4-5-7-23(19)32-24/h4-14,16H,15H2,1-3H3,(H,27,30)(H,28,31). The van der Waals surface area contributed by atoms with Crippen LogP contribution in [0.5, 0.6) is 0 Å². The molecule has 0 aliphatic heterocycles. The predicted octanol–water partition coefficient (Wildman–Crippen LogP) is 5.24. The number of amides is 2. The van der Waals surface area contributed by atoms with Crippen molar-refractivity contribution in [2.45, 2.75) is 13.3 Å². The van der Waals surface area contributed by atoms with Crippen molar-refractivity contribution in [3.8, 4) is 0 Å². The lowest BCUT2D eigenvalue weighted by Gasteiger charge is -2.16. The molecule has 0 atom stereocenters. The van der Waals surface area contributed by atoms with Gasteiger partial charge in [0.05, 0.1) is 6.42 Å². The number of nitrogens with one attached hydrogen (secondary N) is 2. The molecule has 0 saturated carbocycles. The molecule has 0 aliphatic carbocycles. The Morgan fingerprint density at radius 3 is 2.28 bits per heavy atom. The average Bonchev–Trinajstić information content (AvgIpc) is 3.19. The van der Waals surface area contributed by atoms with Gasteiger partial charge >= 0.3 is 0 Å². The maximum Gasteiger partial charge on any atom is 0.291 e. The van der Waals surface area contributed by atoms with Crippen LogP contribution < -0.4 is 15.5 Å². The summed E-state index contributed by atoms with van der Waals surface area (Å²) in [7, 11) is 3.98. The number of para-hydroxylation sites is 1. The SMILES string of the molecule is Cc1cc(NC(=O)Cc2ccc(NC(=O)c3cc4ccccc4o3)cc2)ccc1N(C)C. The van der Waals surface area contributed by atoms with E-state index in [-0.39, 0.29) is 24.0 Å². The zero-order chi connectivity index (χ0) is 22.7. The van der Waals surface area contributed by atoms with E-state index in [1.54, 1.807) is 18.2 Å². The van der Waals surface area contributed by atoms with Gasteiger partial charge in [0, 0.05) is 36.5 Å². The summed E-state index contributed by atoms with van der Waals surface area (Å²) in [5.74, 6) is -0.158. The number of hydrogen-bond donors (Lipinski definition) is 2. The van der Waals surface area contributed by atoms with Gasteiger partial charge in [0.1, 0.15) is 5.58 Å². The molecule has 0 unspecified atom stereocenters. The zero-order valence-corrected chi connectivity index (χ0v) is 18.3. The molecule has 0 aliphatic rings. The van der Waals surface area contributed by atoms with Crippen LogP contribution in [0, 0.1) is 6.92 Å². The lowest BCUT2D eigenvalue weighted by Crippen LogP contribution is -2.15. The Hall–Kier alpha value is -4.06. The van der Waals surface area contributed by atoms with E-state index in [1.165, 1.54) is 0 Å². The number of nitrogens with zero attached hydrogens (tertiary/aromatic N) is 1. The lowest BCUT2D eigenvalue weighted by molar-refractivity contribution is -0.115. The number of hydrogen-bond acceptors (Lipinski definition) is 4. The molecule has 2 N–H and O–H groups in total. The van der Waals surface area contributed by atoms with Crippen LogP contribution in [-0.2, 0) is 11.2 Å². The Morgan fingerprint density at radius 1 is 0.875 bits per heavy atom. The highest BCUT2D eigenvalue weighted by Crippen LogP contribution is 2.22. The van der Waals surface area contributed by atoms with E-state index >= 15 is 0 Å². The van der Waals surface area contributed by atoms with Crippen molar-refractivity contribution in [3.05, 3.63) is 89.7 Å². The van der Waals surface area contributed by atoms with E-state index in [9.17, 15) is 9.59 Å². The maximum atomic E-state index is 12.5. The van der Waals surface area contributed by atoms with Gasteiger partial charge < -0.3 is 20.0 Å². The molecule has 1 heterocycles. The van der Waals surface area contributed by atoms with Crippen molar-refractivity contribution in [2.75, 3.05) is 29.6 Å². The van der Waals surface area contributed by atoms with Crippen molar-refractivity contribution < 1.29 is 14.0 Å². The summed E-state index contributed by atoms with van der Waals surface area (Å²) in [6.07, 6.45) is 0.242. The van der Waals surface area contributed by atoms with Gasteiger partial charge in [-0.05, 0) is 60.5 Å². The van der Waals surface area contributed by atoms with Crippen LogP contribution in [0.2, 0.25) is 0 Å². The first-order valence-electron chi connectivity index (χ1n) is 10.4. The summed E-state index contributed by atoms with van der Waals surface area (Å²) in [6.45, 7) is 2.02. The monoisotopic (exact) mass is 427 g/mol. The molecule has 4 aromatic rings. The van der Waals surface area contributed by atoms with Gasteiger partial charge in [-0.3, -0.25) is 9.59 Å². The maximum absolute atomic E-state index is 12.5. The highest BCUT2D eigenvalue weighted by atomic mass is 16.3. The van der Waals surface area contributed by atoms with Gasteiger partial charge in [-0.25, -0.2) is 0 Å². The molecule has 0 saturated heterocycles. The minimum Gasteiger partial charge on any atom is -0.451 e. The van der Waals surface area contributed by atoms with Crippen LogP contribution in [-0.4, -0.2) is 25.9 Å². The Balaban J connectivity index is 1.35. The molecule has 162 valence electrons. The van der Waals surface area contributed by atoms with Crippen molar-refractivity contribution in [3.63, 3.8) is 0 Å². The Bertz CT molecular complexity index is 1240. The van der Waals surface area contributed by atoms with E-state index in [0.717, 1.165) is 27.9 Å². The second kappa shape index (κ2) is 8.98. The summed E-state index contributed by atoms with van der Waals surface area (Å²) in [6, 6.07) is 22.3. The van der Waals surface area contributed by atoms with Crippen LogP contribution in [0.3, 0.4) is 0 Å². The van der Waals surface area contributed by atoms with E-state index < -0.39 is 0 Å². The van der Waals surface area contributed by atoms with Crippen LogP contribution >= 0.6 is 0 Å². The molecular weight excluding hydrogens is 402 g/mol. The van der Waals surface area contributed by atoms with Gasteiger partial charge in [-0.15, -0.1) is 0 Å². The molecule has 6 nitrogen and oxygen atoms in total. The molecule has 0 fully saturated rings. The van der Waals surface area contributed by atoms with Crippen LogP contribution in [0.15, 0.2) is 77.2 Å². The van der Waals surface area contributed by atoms with Gasteiger partial charge in [0.15, 0.2) is 5.76 Å². The first kappa shape index (κ1) is 21.2. The number of benzene rings is 3. The normalized spacial score (nSPS) is 10.7. The zero-order valence-electron chi connectivity index (χ0n) is 18.3. The second-order valence-electron chi connectivity index (χ2n) is 7.92. The minimum atomic E-state index is -0.316. The summed E-state index contributed by atoms with van der Waals surface area (Å²) in [5.41, 5.74) is 5.14. The smallest absolute Gasteiger partial charge is 0.291 e. The largest absolute Gasteiger partial charge is 0.451 e. The summed E-state index contributed by atoms with van der Waals surface area (Å²) >= 11 is 0. The van der Waals surface area contributed by atoms with E-state index in [2.05, 4.69) is 10.6 Å². The molecule has 6 heteroatoms.